The van der Waals surface area contributed by atoms with Crippen LogP contribution in [0.5, 0.6) is 0 Å². The molecule has 3 amide bonds. The second-order valence-corrected chi connectivity index (χ2v) is 5.65. The van der Waals surface area contributed by atoms with Crippen molar-refractivity contribution in [1.29, 1.82) is 0 Å². The molecule has 1 heterocycles. The molecule has 9 heteroatoms. The SMILES string of the molecule is Cc1cc(NC(=O)N2CCO[C@@H](C(F)(F)F)[C@H]2C)cc(C(N)=O)c1. The van der Waals surface area contributed by atoms with E-state index in [1.54, 1.807) is 19.1 Å². The van der Waals surface area contributed by atoms with E-state index < -0.39 is 30.3 Å². The van der Waals surface area contributed by atoms with Gasteiger partial charge in [0, 0.05) is 17.8 Å². The van der Waals surface area contributed by atoms with Crippen molar-refractivity contribution < 1.29 is 27.5 Å². The quantitative estimate of drug-likeness (QED) is 0.862. The van der Waals surface area contributed by atoms with Crippen LogP contribution in [0.2, 0.25) is 0 Å². The third-order valence-electron chi connectivity index (χ3n) is 3.76. The molecule has 1 aromatic rings. The zero-order valence-electron chi connectivity index (χ0n) is 13.2. The number of aryl methyl sites for hydroxylation is 1. The molecule has 1 saturated heterocycles. The van der Waals surface area contributed by atoms with Gasteiger partial charge in [-0.15, -0.1) is 0 Å². The van der Waals surface area contributed by atoms with Crippen LogP contribution in [0.25, 0.3) is 0 Å². The molecular weight excluding hydrogens is 327 g/mol. The minimum atomic E-state index is -4.55. The number of nitrogens with two attached hydrogens (primary N) is 1. The Hall–Kier alpha value is -2.29. The van der Waals surface area contributed by atoms with Crippen molar-refractivity contribution in [3.05, 3.63) is 29.3 Å². The Bertz CT molecular complexity index is 649. The molecule has 24 heavy (non-hydrogen) atoms. The average molecular weight is 345 g/mol. The number of hydrogen-bond acceptors (Lipinski definition) is 3. The molecule has 0 aromatic heterocycles. The van der Waals surface area contributed by atoms with Gasteiger partial charge in [0.25, 0.3) is 0 Å². The summed E-state index contributed by atoms with van der Waals surface area (Å²) in [6, 6.07) is 2.66. The number of alkyl halides is 3. The molecule has 1 fully saturated rings. The Balaban J connectivity index is 2.16. The minimum Gasteiger partial charge on any atom is -0.366 e. The number of carbonyl (C=O) groups excluding carboxylic acids is 2. The maximum Gasteiger partial charge on any atom is 0.416 e. The van der Waals surface area contributed by atoms with Crippen molar-refractivity contribution in [3.8, 4) is 0 Å². The summed E-state index contributed by atoms with van der Waals surface area (Å²) in [6.07, 6.45) is -6.59. The van der Waals surface area contributed by atoms with E-state index in [2.05, 4.69) is 5.32 Å². The third-order valence-corrected chi connectivity index (χ3v) is 3.76. The van der Waals surface area contributed by atoms with E-state index in [1.807, 2.05) is 0 Å². The van der Waals surface area contributed by atoms with Gasteiger partial charge >= 0.3 is 12.2 Å². The van der Waals surface area contributed by atoms with E-state index in [1.165, 1.54) is 13.0 Å². The topological polar surface area (TPSA) is 84.7 Å². The lowest BCUT2D eigenvalue weighted by atomic mass is 10.1. The number of nitrogens with one attached hydrogen (secondary N) is 1. The van der Waals surface area contributed by atoms with Gasteiger partial charge in [0.2, 0.25) is 5.91 Å². The molecule has 0 saturated carbocycles. The molecule has 132 valence electrons. The highest BCUT2D eigenvalue weighted by molar-refractivity contribution is 5.96. The maximum atomic E-state index is 12.9. The van der Waals surface area contributed by atoms with Gasteiger partial charge in [0.05, 0.1) is 12.6 Å². The first kappa shape index (κ1) is 18.1. The average Bonchev–Trinajstić information content (AvgIpc) is 2.45. The van der Waals surface area contributed by atoms with Crippen molar-refractivity contribution in [2.75, 3.05) is 18.5 Å². The molecule has 0 spiro atoms. The number of benzene rings is 1. The van der Waals surface area contributed by atoms with E-state index in [9.17, 15) is 22.8 Å². The van der Waals surface area contributed by atoms with Crippen LogP contribution < -0.4 is 11.1 Å². The fraction of sp³-hybridized carbons (Fsp3) is 0.467. The molecule has 2 atom stereocenters. The summed E-state index contributed by atoms with van der Waals surface area (Å²) in [5, 5.41) is 2.51. The standard InChI is InChI=1S/C15H18F3N3O3/c1-8-5-10(13(19)22)7-11(6-8)20-14(23)21-3-4-24-12(9(21)2)15(16,17)18/h5-7,9,12H,3-4H2,1-2H3,(H2,19,22)(H,20,23)/t9-,12-/m1/s1. The number of halogens is 3. The fourth-order valence-corrected chi connectivity index (χ4v) is 2.63. The van der Waals surface area contributed by atoms with Gasteiger partial charge in [-0.1, -0.05) is 0 Å². The molecule has 1 aliphatic rings. The molecule has 0 radical (unpaired) electrons. The van der Waals surface area contributed by atoms with Gasteiger partial charge in [-0.25, -0.2) is 4.79 Å². The zero-order chi connectivity index (χ0) is 18.1. The molecule has 1 aliphatic heterocycles. The lowest BCUT2D eigenvalue weighted by Gasteiger charge is -2.39. The number of hydrogen-bond donors (Lipinski definition) is 2. The molecule has 2 rings (SSSR count). The van der Waals surface area contributed by atoms with E-state index in [0.29, 0.717) is 5.56 Å². The highest BCUT2D eigenvalue weighted by Crippen LogP contribution is 2.30. The molecule has 6 nitrogen and oxygen atoms in total. The summed E-state index contributed by atoms with van der Waals surface area (Å²) in [7, 11) is 0. The van der Waals surface area contributed by atoms with Crippen LogP contribution >= 0.6 is 0 Å². The van der Waals surface area contributed by atoms with Crippen LogP contribution in [-0.2, 0) is 4.74 Å². The normalized spacial score (nSPS) is 21.5. The van der Waals surface area contributed by atoms with Gasteiger partial charge in [-0.2, -0.15) is 13.2 Å². The molecule has 0 unspecified atom stereocenters. The van der Waals surface area contributed by atoms with Crippen molar-refractivity contribution in [2.24, 2.45) is 5.73 Å². The maximum absolute atomic E-state index is 12.9. The Kier molecular flexibility index (Phi) is 5.02. The number of carbonyl (C=O) groups is 2. The molecule has 3 N–H and O–H groups in total. The van der Waals surface area contributed by atoms with Crippen LogP contribution in [0.3, 0.4) is 0 Å². The number of morpholine rings is 1. The second kappa shape index (κ2) is 6.68. The Labute approximate surface area is 136 Å². The Morgan fingerprint density at radius 1 is 1.33 bits per heavy atom. The highest BCUT2D eigenvalue weighted by Gasteiger charge is 2.49. The van der Waals surface area contributed by atoms with E-state index >= 15 is 0 Å². The van der Waals surface area contributed by atoms with Gasteiger partial charge in [0.15, 0.2) is 6.10 Å². The van der Waals surface area contributed by atoms with Gasteiger partial charge in [-0.3, -0.25) is 4.79 Å². The van der Waals surface area contributed by atoms with Gasteiger partial charge in [0.1, 0.15) is 0 Å². The molecule has 1 aromatic carbocycles. The number of nitrogens with zero attached hydrogens (tertiary/aromatic N) is 1. The summed E-state index contributed by atoms with van der Waals surface area (Å²) in [5.74, 6) is -0.661. The minimum absolute atomic E-state index is 0.0358. The molecule has 0 aliphatic carbocycles. The fourth-order valence-electron chi connectivity index (χ4n) is 2.63. The van der Waals surface area contributed by atoms with Gasteiger partial charge < -0.3 is 20.7 Å². The number of anilines is 1. The smallest absolute Gasteiger partial charge is 0.366 e. The molecule has 0 bridgehead atoms. The van der Waals surface area contributed by atoms with Crippen molar-refractivity contribution >= 4 is 17.6 Å². The van der Waals surface area contributed by atoms with E-state index in [-0.39, 0.29) is 24.4 Å². The van der Waals surface area contributed by atoms with Crippen LogP contribution in [-0.4, -0.2) is 48.3 Å². The third kappa shape index (κ3) is 3.97. The van der Waals surface area contributed by atoms with E-state index in [0.717, 1.165) is 4.90 Å². The molecular formula is C15H18F3N3O3. The summed E-state index contributed by atoms with van der Waals surface area (Å²) < 4.78 is 43.5. The Morgan fingerprint density at radius 3 is 2.58 bits per heavy atom. The monoisotopic (exact) mass is 345 g/mol. The summed E-state index contributed by atoms with van der Waals surface area (Å²) in [4.78, 5) is 24.6. The first-order valence-electron chi connectivity index (χ1n) is 7.27. The van der Waals surface area contributed by atoms with Crippen LogP contribution in [0.4, 0.5) is 23.7 Å². The number of ether oxygens (including phenoxy) is 1. The first-order valence-corrected chi connectivity index (χ1v) is 7.27. The zero-order valence-corrected chi connectivity index (χ0v) is 13.2. The van der Waals surface area contributed by atoms with Gasteiger partial charge in [-0.05, 0) is 37.6 Å². The van der Waals surface area contributed by atoms with Crippen molar-refractivity contribution in [2.45, 2.75) is 32.2 Å². The largest absolute Gasteiger partial charge is 0.416 e. The number of urea groups is 1. The van der Waals surface area contributed by atoms with Crippen molar-refractivity contribution in [3.63, 3.8) is 0 Å². The van der Waals surface area contributed by atoms with Crippen LogP contribution in [0.1, 0.15) is 22.8 Å². The summed E-state index contributed by atoms with van der Waals surface area (Å²) >= 11 is 0. The first-order chi connectivity index (χ1) is 11.1. The number of primary amides is 1. The van der Waals surface area contributed by atoms with Crippen LogP contribution in [0.15, 0.2) is 18.2 Å². The lowest BCUT2D eigenvalue weighted by molar-refractivity contribution is -0.246. The lowest BCUT2D eigenvalue weighted by Crippen LogP contribution is -2.58. The number of amides is 3. The van der Waals surface area contributed by atoms with Crippen molar-refractivity contribution in [1.82, 2.24) is 4.90 Å². The summed E-state index contributed by atoms with van der Waals surface area (Å²) in [6.45, 7) is 2.82. The van der Waals surface area contributed by atoms with Crippen LogP contribution in [0, 0.1) is 6.92 Å². The summed E-state index contributed by atoms with van der Waals surface area (Å²) in [5.41, 5.74) is 6.38. The highest BCUT2D eigenvalue weighted by atomic mass is 19.4. The predicted octanol–water partition coefficient (Wildman–Crippen LogP) is 2.28. The second-order valence-electron chi connectivity index (χ2n) is 5.65. The number of rotatable bonds is 2. The van der Waals surface area contributed by atoms with E-state index in [4.69, 9.17) is 10.5 Å². The predicted molar refractivity (Wildman–Crippen MR) is 80.7 cm³/mol. The Morgan fingerprint density at radius 2 is 2.00 bits per heavy atom.